The summed E-state index contributed by atoms with van der Waals surface area (Å²) in [5, 5.41) is 4.22. The van der Waals surface area contributed by atoms with E-state index < -0.39 is 21.6 Å². The number of benzene rings is 2. The molecule has 0 aliphatic carbocycles. The molecule has 0 aliphatic rings. The average Bonchev–Trinajstić information content (AvgIpc) is 3.55. The molecule has 8 nitrogen and oxygen atoms in total. The third-order valence-electron chi connectivity index (χ3n) is 5.24. The maximum Gasteiger partial charge on any atom is 0.344 e. The summed E-state index contributed by atoms with van der Waals surface area (Å²) < 4.78 is 41.8. The first-order chi connectivity index (χ1) is 18.0. The Labute approximate surface area is 231 Å². The molecule has 0 radical (unpaired) electrons. The quantitative estimate of drug-likeness (QED) is 0.226. The van der Waals surface area contributed by atoms with Crippen molar-refractivity contribution in [2.45, 2.75) is 43.7 Å². The maximum absolute atomic E-state index is 13.6. The maximum atomic E-state index is 13.6. The highest BCUT2D eigenvalue weighted by Gasteiger charge is 2.27. The first kappa shape index (κ1) is 27.8. The lowest BCUT2D eigenvalue weighted by Gasteiger charge is -2.22. The fourth-order valence-electron chi connectivity index (χ4n) is 3.62. The van der Waals surface area contributed by atoms with Crippen LogP contribution in [-0.2, 0) is 32.6 Å². The minimum Gasteiger partial charge on any atom is -0.482 e. The van der Waals surface area contributed by atoms with E-state index in [9.17, 15) is 13.2 Å². The van der Waals surface area contributed by atoms with Crippen LogP contribution < -0.4 is 4.74 Å². The smallest absolute Gasteiger partial charge is 0.344 e. The largest absolute Gasteiger partial charge is 0.482 e. The first-order valence-corrected chi connectivity index (χ1v) is 14.4. The molecular formula is C27H28ClN3O5S2. The number of rotatable bonds is 10. The SMILES string of the molecule is CC(C)(C)OC(=O)COc1cccc(CN(Cc2ccc(-n3cccn3)cc2)S(=O)(=O)c2ccc(Cl)s2)c1. The van der Waals surface area contributed by atoms with Crippen molar-refractivity contribution >= 4 is 38.9 Å². The van der Waals surface area contributed by atoms with Gasteiger partial charge >= 0.3 is 5.97 Å². The highest BCUT2D eigenvalue weighted by molar-refractivity contribution is 7.91. The Balaban J connectivity index is 1.55. The van der Waals surface area contributed by atoms with Crippen molar-refractivity contribution in [3.05, 3.63) is 94.6 Å². The van der Waals surface area contributed by atoms with Gasteiger partial charge in [-0.05, 0) is 74.4 Å². The molecule has 0 fully saturated rings. The molecule has 2 aromatic carbocycles. The van der Waals surface area contributed by atoms with Crippen LogP contribution in [0.3, 0.4) is 0 Å². The van der Waals surface area contributed by atoms with E-state index in [1.807, 2.05) is 42.6 Å². The van der Waals surface area contributed by atoms with Crippen LogP contribution in [0, 0.1) is 0 Å². The Kier molecular flexibility index (Phi) is 8.57. The highest BCUT2D eigenvalue weighted by Crippen LogP contribution is 2.30. The van der Waals surface area contributed by atoms with Gasteiger partial charge in [0.2, 0.25) is 0 Å². The van der Waals surface area contributed by atoms with Gasteiger partial charge in [0.15, 0.2) is 6.61 Å². The summed E-state index contributed by atoms with van der Waals surface area (Å²) in [6, 6.07) is 19.4. The Morgan fingerprint density at radius 1 is 1.03 bits per heavy atom. The normalized spacial score (nSPS) is 12.0. The van der Waals surface area contributed by atoms with E-state index in [-0.39, 0.29) is 23.9 Å². The Morgan fingerprint density at radius 3 is 2.39 bits per heavy atom. The second kappa shape index (κ2) is 11.7. The van der Waals surface area contributed by atoms with E-state index >= 15 is 0 Å². The summed E-state index contributed by atoms with van der Waals surface area (Å²) >= 11 is 7.06. The molecule has 11 heteroatoms. The van der Waals surface area contributed by atoms with Crippen LogP contribution in [0.1, 0.15) is 31.9 Å². The van der Waals surface area contributed by atoms with Crippen molar-refractivity contribution in [1.29, 1.82) is 0 Å². The monoisotopic (exact) mass is 573 g/mol. The molecule has 0 saturated carbocycles. The summed E-state index contributed by atoms with van der Waals surface area (Å²) in [7, 11) is -3.85. The number of nitrogens with zero attached hydrogens (tertiary/aromatic N) is 3. The summed E-state index contributed by atoms with van der Waals surface area (Å²) in [6.07, 6.45) is 3.53. The number of hydrogen-bond acceptors (Lipinski definition) is 7. The molecular weight excluding hydrogens is 546 g/mol. The van der Waals surface area contributed by atoms with Gasteiger partial charge in [-0.15, -0.1) is 11.3 Å². The standard InChI is InChI=1S/C27H28ClN3O5S2/c1-27(2,3)36-25(32)19-35-23-7-4-6-21(16-23)18-30(38(33,34)26-13-12-24(28)37-26)17-20-8-10-22(11-9-20)31-15-5-14-29-31/h4-16H,17-19H2,1-3H3. The van der Waals surface area contributed by atoms with Crippen molar-refractivity contribution in [2.75, 3.05) is 6.61 Å². The molecule has 200 valence electrons. The molecule has 4 aromatic rings. The molecule has 0 spiro atoms. The van der Waals surface area contributed by atoms with Gasteiger partial charge in [-0.25, -0.2) is 17.9 Å². The molecule has 0 aliphatic heterocycles. The number of carbonyl (C=O) groups excluding carboxylic acids is 1. The molecule has 2 aromatic heterocycles. The van der Waals surface area contributed by atoms with Crippen molar-refractivity contribution in [3.8, 4) is 11.4 Å². The van der Waals surface area contributed by atoms with Crippen molar-refractivity contribution < 1.29 is 22.7 Å². The number of halogens is 1. The number of ether oxygens (including phenoxy) is 2. The topological polar surface area (TPSA) is 90.7 Å². The van der Waals surface area contributed by atoms with Crippen molar-refractivity contribution in [3.63, 3.8) is 0 Å². The molecule has 38 heavy (non-hydrogen) atoms. The molecule has 0 N–H and O–H groups in total. The van der Waals surface area contributed by atoms with Crippen LogP contribution >= 0.6 is 22.9 Å². The van der Waals surface area contributed by atoms with Crippen LogP contribution in [0.15, 0.2) is 83.3 Å². The van der Waals surface area contributed by atoms with E-state index in [1.54, 1.807) is 55.9 Å². The highest BCUT2D eigenvalue weighted by atomic mass is 35.5. The lowest BCUT2D eigenvalue weighted by Crippen LogP contribution is -2.30. The lowest BCUT2D eigenvalue weighted by molar-refractivity contribution is -0.157. The number of carbonyl (C=O) groups is 1. The lowest BCUT2D eigenvalue weighted by atomic mass is 10.2. The van der Waals surface area contributed by atoms with E-state index in [0.717, 1.165) is 22.6 Å². The zero-order valence-electron chi connectivity index (χ0n) is 21.2. The minimum atomic E-state index is -3.85. The third kappa shape index (κ3) is 7.44. The van der Waals surface area contributed by atoms with Gasteiger partial charge in [-0.3, -0.25) is 0 Å². The fraction of sp³-hybridized carbons (Fsp3) is 0.259. The summed E-state index contributed by atoms with van der Waals surface area (Å²) in [4.78, 5) is 12.0. The predicted molar refractivity (Wildman–Crippen MR) is 147 cm³/mol. The second-order valence-corrected chi connectivity index (χ2v) is 13.4. The molecule has 0 saturated heterocycles. The molecule has 0 unspecified atom stereocenters. The Hall–Kier alpha value is -3.18. The van der Waals surface area contributed by atoms with E-state index in [1.165, 1.54) is 10.4 Å². The van der Waals surface area contributed by atoms with E-state index in [0.29, 0.717) is 15.6 Å². The zero-order chi connectivity index (χ0) is 27.3. The molecule has 2 heterocycles. The zero-order valence-corrected chi connectivity index (χ0v) is 23.6. The number of sulfonamides is 1. The molecule has 0 amide bonds. The van der Waals surface area contributed by atoms with Crippen LogP contribution in [0.4, 0.5) is 0 Å². The van der Waals surface area contributed by atoms with Crippen LogP contribution in [0.5, 0.6) is 5.75 Å². The van der Waals surface area contributed by atoms with Gasteiger partial charge in [0.25, 0.3) is 10.0 Å². The van der Waals surface area contributed by atoms with E-state index in [2.05, 4.69) is 5.10 Å². The van der Waals surface area contributed by atoms with Crippen molar-refractivity contribution in [2.24, 2.45) is 0 Å². The molecule has 0 atom stereocenters. The van der Waals surface area contributed by atoms with Gasteiger partial charge in [0.1, 0.15) is 15.6 Å². The second-order valence-electron chi connectivity index (χ2n) is 9.47. The molecule has 0 bridgehead atoms. The van der Waals surface area contributed by atoms with Gasteiger partial charge in [-0.2, -0.15) is 9.40 Å². The summed E-state index contributed by atoms with van der Waals surface area (Å²) in [5.41, 5.74) is 1.77. The van der Waals surface area contributed by atoms with Crippen LogP contribution in [0.25, 0.3) is 5.69 Å². The number of hydrogen-bond donors (Lipinski definition) is 0. The van der Waals surface area contributed by atoms with Crippen LogP contribution in [-0.4, -0.2) is 40.7 Å². The van der Waals surface area contributed by atoms with Crippen molar-refractivity contribution in [1.82, 2.24) is 14.1 Å². The predicted octanol–water partition coefficient (Wildman–Crippen LogP) is 5.70. The first-order valence-electron chi connectivity index (χ1n) is 11.8. The van der Waals surface area contributed by atoms with Gasteiger partial charge in [0, 0.05) is 25.5 Å². The minimum absolute atomic E-state index is 0.0857. The van der Waals surface area contributed by atoms with Gasteiger partial charge < -0.3 is 9.47 Å². The Bertz CT molecular complexity index is 1480. The van der Waals surface area contributed by atoms with Gasteiger partial charge in [-0.1, -0.05) is 35.9 Å². The van der Waals surface area contributed by atoms with Crippen LogP contribution in [0.2, 0.25) is 4.34 Å². The third-order valence-corrected chi connectivity index (χ3v) is 8.73. The number of esters is 1. The molecule has 4 rings (SSSR count). The number of thiophene rings is 1. The Morgan fingerprint density at radius 2 is 1.76 bits per heavy atom. The van der Waals surface area contributed by atoms with E-state index in [4.69, 9.17) is 21.1 Å². The summed E-state index contributed by atoms with van der Waals surface area (Å²) in [5.74, 6) is -0.0475. The number of aromatic nitrogens is 2. The fourth-order valence-corrected chi connectivity index (χ4v) is 6.67. The average molecular weight is 574 g/mol. The van der Waals surface area contributed by atoms with Gasteiger partial charge in [0.05, 0.1) is 10.0 Å². The summed E-state index contributed by atoms with van der Waals surface area (Å²) in [6.45, 7) is 5.33.